The van der Waals surface area contributed by atoms with Gasteiger partial charge in [0, 0.05) is 5.92 Å². The molecule has 0 aromatic heterocycles. The number of nitrogens with zero attached hydrogens (tertiary/aromatic N) is 1. The normalized spacial score (nSPS) is 15.0. The van der Waals surface area contributed by atoms with E-state index in [2.05, 4.69) is 19.1 Å². The first kappa shape index (κ1) is 44.1. The molecule has 0 fully saturated rings. The maximum absolute atomic E-state index is 12.0. The molecule has 0 bridgehead atoms. The Balaban J connectivity index is 4.43. The van der Waals surface area contributed by atoms with Gasteiger partial charge in [0.25, 0.3) is 0 Å². The number of carbonyl (C=O) groups is 3. The zero-order valence-corrected chi connectivity index (χ0v) is 30.5. The van der Waals surface area contributed by atoms with Gasteiger partial charge < -0.3 is 24.6 Å². The summed E-state index contributed by atoms with van der Waals surface area (Å²) in [5, 5.41) is 31.6. The number of carboxylic acid groups (broad SMARTS) is 3. The summed E-state index contributed by atoms with van der Waals surface area (Å²) in [5.74, 6) is -4.94. The molecule has 0 aliphatic heterocycles. The summed E-state index contributed by atoms with van der Waals surface area (Å²) in [6, 6.07) is 0. The number of hydrogen-bond donors (Lipinski definition) is 2. The van der Waals surface area contributed by atoms with Crippen LogP contribution >= 0.6 is 0 Å². The van der Waals surface area contributed by atoms with Crippen molar-refractivity contribution in [2.75, 3.05) is 26.2 Å². The summed E-state index contributed by atoms with van der Waals surface area (Å²) in [7, 11) is 0. The van der Waals surface area contributed by atoms with Crippen molar-refractivity contribution >= 4 is 17.9 Å². The molecule has 7 nitrogen and oxygen atoms in total. The Bertz CT molecular complexity index is 738. The molecule has 46 heavy (non-hydrogen) atoms. The second-order valence-corrected chi connectivity index (χ2v) is 14.0. The molecule has 0 heterocycles. The lowest BCUT2D eigenvalue weighted by molar-refractivity contribution is -0.935. The molecule has 0 radical (unpaired) electrons. The van der Waals surface area contributed by atoms with Crippen molar-refractivity contribution < 1.29 is 34.2 Å². The molecule has 3 unspecified atom stereocenters. The number of unbranched alkanes of at least 4 members (excludes halogenated alkanes) is 18. The largest absolute Gasteiger partial charge is 0.550 e. The van der Waals surface area contributed by atoms with Crippen LogP contribution in [-0.4, -0.2) is 58.8 Å². The van der Waals surface area contributed by atoms with E-state index in [-0.39, 0.29) is 24.1 Å². The maximum Gasteiger partial charge on any atom is 0.312 e. The summed E-state index contributed by atoms with van der Waals surface area (Å²) in [5.41, 5.74) is 0. The zero-order valence-electron chi connectivity index (χ0n) is 30.5. The number of rotatable bonds is 34. The highest BCUT2D eigenvalue weighted by molar-refractivity contribution is 5.70. The van der Waals surface area contributed by atoms with Gasteiger partial charge in [-0.05, 0) is 57.8 Å². The highest BCUT2D eigenvalue weighted by Gasteiger charge is 2.39. The lowest BCUT2D eigenvalue weighted by Gasteiger charge is -2.44. The Morgan fingerprint density at radius 3 is 1.17 bits per heavy atom. The van der Waals surface area contributed by atoms with Crippen molar-refractivity contribution in [2.45, 2.75) is 175 Å². The third kappa shape index (κ3) is 22.6. The van der Waals surface area contributed by atoms with E-state index in [9.17, 15) is 29.7 Å². The Kier molecular flexibility index (Phi) is 28.1. The first-order valence-corrected chi connectivity index (χ1v) is 19.3. The summed E-state index contributed by atoms with van der Waals surface area (Å²) in [4.78, 5) is 35.9. The van der Waals surface area contributed by atoms with Gasteiger partial charge >= 0.3 is 11.9 Å². The molecular formula is C39H73NO6. The highest BCUT2D eigenvalue weighted by Crippen LogP contribution is 2.25. The van der Waals surface area contributed by atoms with Gasteiger partial charge in [0.05, 0.1) is 32.1 Å². The first-order valence-electron chi connectivity index (χ1n) is 19.3. The van der Waals surface area contributed by atoms with E-state index in [0.29, 0.717) is 25.8 Å². The smallest absolute Gasteiger partial charge is 0.312 e. The second-order valence-electron chi connectivity index (χ2n) is 14.0. The Morgan fingerprint density at radius 1 is 0.522 bits per heavy atom. The van der Waals surface area contributed by atoms with Crippen LogP contribution in [-0.2, 0) is 14.4 Å². The van der Waals surface area contributed by atoms with Crippen LogP contribution in [0.2, 0.25) is 0 Å². The third-order valence-electron chi connectivity index (χ3n) is 9.98. The Hall–Kier alpha value is -1.89. The first-order chi connectivity index (χ1) is 22.2. The predicted octanol–water partition coefficient (Wildman–Crippen LogP) is 9.18. The molecular weight excluding hydrogens is 578 g/mol. The van der Waals surface area contributed by atoms with Crippen LogP contribution in [0.3, 0.4) is 0 Å². The summed E-state index contributed by atoms with van der Waals surface area (Å²) >= 11 is 0. The molecule has 0 saturated heterocycles. The average molecular weight is 652 g/mol. The number of quaternary nitrogens is 1. The number of allylic oxidation sites excluding steroid dienone is 2. The fraction of sp³-hybridized carbons (Fsp3) is 0.872. The van der Waals surface area contributed by atoms with Gasteiger partial charge in [0.2, 0.25) is 0 Å². The number of carboxylic acids is 3. The van der Waals surface area contributed by atoms with Gasteiger partial charge in [-0.1, -0.05) is 130 Å². The van der Waals surface area contributed by atoms with Crippen molar-refractivity contribution in [1.82, 2.24) is 0 Å². The molecule has 0 rings (SSSR count). The Labute approximate surface area is 283 Å². The van der Waals surface area contributed by atoms with Crippen LogP contribution in [0, 0.1) is 17.8 Å². The minimum absolute atomic E-state index is 0.220. The van der Waals surface area contributed by atoms with Crippen molar-refractivity contribution in [1.29, 1.82) is 0 Å². The molecule has 0 aromatic carbocycles. The van der Waals surface area contributed by atoms with Crippen LogP contribution in [0.4, 0.5) is 0 Å². The quantitative estimate of drug-likeness (QED) is 0.0407. The lowest BCUT2D eigenvalue weighted by atomic mass is 9.95. The molecule has 0 aliphatic rings. The van der Waals surface area contributed by atoms with Crippen LogP contribution in [0.15, 0.2) is 12.2 Å². The monoisotopic (exact) mass is 652 g/mol. The second kappa shape index (κ2) is 29.3. The van der Waals surface area contributed by atoms with Gasteiger partial charge in [-0.25, -0.2) is 0 Å². The van der Waals surface area contributed by atoms with Gasteiger partial charge in [-0.15, -0.1) is 0 Å². The van der Waals surface area contributed by atoms with Gasteiger partial charge in [-0.3, -0.25) is 9.59 Å². The Morgan fingerprint density at radius 2 is 0.848 bits per heavy atom. The average Bonchev–Trinajstić information content (AvgIpc) is 3.03. The summed E-state index contributed by atoms with van der Waals surface area (Å²) < 4.78 is 0.220. The summed E-state index contributed by atoms with van der Waals surface area (Å²) in [6.07, 6.45) is 31.2. The number of hydrogen-bond acceptors (Lipinski definition) is 4. The molecule has 3 atom stereocenters. The lowest BCUT2D eigenvalue weighted by Crippen LogP contribution is -2.59. The van der Waals surface area contributed by atoms with E-state index in [1.54, 1.807) is 6.92 Å². The van der Waals surface area contributed by atoms with Crippen LogP contribution < -0.4 is 5.11 Å². The zero-order chi connectivity index (χ0) is 34.5. The standard InChI is InChI=1S/C39H73NO6/c1-5-9-10-11-12-13-14-15-16-17-18-19-20-21-22-23-24-25-26-27-28-29-30-40(31-34(6-2)37(41)42,32-35(7-3)38(43)44)33-36(8-4)39(45)46/h14-15,34-36H,5-13,16-33H2,1-4H3,(H2-,41,42,43,44,45,46)/b15-14+. The third-order valence-corrected chi connectivity index (χ3v) is 9.98. The SMILES string of the molecule is CCCCCCC/C=C/CCCCCCCCCCCCCCC[N+](CC(CC)C(=O)[O-])(CC(CC)C(=O)O)CC(CC)C(=O)O. The van der Waals surface area contributed by atoms with E-state index in [1.807, 2.05) is 13.8 Å². The predicted molar refractivity (Wildman–Crippen MR) is 189 cm³/mol. The number of aliphatic carboxylic acids is 3. The van der Waals surface area contributed by atoms with E-state index in [0.717, 1.165) is 19.3 Å². The van der Waals surface area contributed by atoms with Crippen LogP contribution in [0.25, 0.3) is 0 Å². The summed E-state index contributed by atoms with van der Waals surface area (Å²) in [6.45, 7) is 9.07. The highest BCUT2D eigenvalue weighted by atomic mass is 16.4. The minimum atomic E-state index is -1.14. The molecule has 0 aromatic rings. The molecule has 7 heteroatoms. The maximum atomic E-state index is 12.0. The molecule has 0 aliphatic carbocycles. The molecule has 0 saturated carbocycles. The van der Waals surface area contributed by atoms with E-state index in [1.165, 1.54) is 109 Å². The van der Waals surface area contributed by atoms with Gasteiger partial charge in [-0.2, -0.15) is 0 Å². The van der Waals surface area contributed by atoms with E-state index >= 15 is 0 Å². The van der Waals surface area contributed by atoms with Crippen LogP contribution in [0.5, 0.6) is 0 Å². The van der Waals surface area contributed by atoms with Crippen molar-refractivity contribution in [3.05, 3.63) is 12.2 Å². The molecule has 2 N–H and O–H groups in total. The number of carbonyl (C=O) groups excluding carboxylic acids is 1. The van der Waals surface area contributed by atoms with Crippen molar-refractivity contribution in [3.63, 3.8) is 0 Å². The van der Waals surface area contributed by atoms with Gasteiger partial charge in [0.15, 0.2) is 0 Å². The van der Waals surface area contributed by atoms with Crippen molar-refractivity contribution in [3.8, 4) is 0 Å². The molecule has 0 spiro atoms. The van der Waals surface area contributed by atoms with Gasteiger partial charge in [0.1, 0.15) is 11.8 Å². The topological polar surface area (TPSA) is 115 Å². The molecule has 0 amide bonds. The van der Waals surface area contributed by atoms with E-state index < -0.39 is 35.7 Å². The van der Waals surface area contributed by atoms with Crippen molar-refractivity contribution in [2.24, 2.45) is 17.8 Å². The fourth-order valence-electron chi connectivity index (χ4n) is 6.79. The minimum Gasteiger partial charge on any atom is -0.550 e. The van der Waals surface area contributed by atoms with Crippen LogP contribution in [0.1, 0.15) is 175 Å². The van der Waals surface area contributed by atoms with E-state index in [4.69, 9.17) is 0 Å². The fourth-order valence-corrected chi connectivity index (χ4v) is 6.79. The molecule has 270 valence electrons.